The Kier molecular flexibility index (Phi) is 10.7. The molecule has 4 rings (SSSR count). The standard InChI is InChI=1S/C29H33F6N7O4/c1-19(46-23-16-38-42(26(44)25(23)29(33,34)35)18-20-4-6-22(45-3)7-5-20)17-39(2)9-8-24(43)40-10-12-41(13-11-40)27-36-14-21(15-37-27)28(30,31)32/h4-7,14-16,19H,8-13,17-18H2,1-3H3/t19-/m0/s1. The molecule has 0 aliphatic carbocycles. The average Bonchev–Trinajstić information content (AvgIpc) is 3.00. The second-order valence-electron chi connectivity index (χ2n) is 10.8. The second kappa shape index (κ2) is 14.3. The summed E-state index contributed by atoms with van der Waals surface area (Å²) < 4.78 is 91.5. The third-order valence-corrected chi connectivity index (χ3v) is 7.27. The Labute approximate surface area is 260 Å². The predicted octanol–water partition coefficient (Wildman–Crippen LogP) is 3.57. The molecule has 3 heterocycles. The van der Waals surface area contributed by atoms with Gasteiger partial charge in [-0.1, -0.05) is 12.1 Å². The van der Waals surface area contributed by atoms with E-state index in [1.165, 1.54) is 7.11 Å². The predicted molar refractivity (Wildman–Crippen MR) is 154 cm³/mol. The molecule has 1 aromatic carbocycles. The van der Waals surface area contributed by atoms with Crippen LogP contribution in [0.5, 0.6) is 11.5 Å². The van der Waals surface area contributed by atoms with Gasteiger partial charge in [-0.2, -0.15) is 31.4 Å². The lowest BCUT2D eigenvalue weighted by atomic mass is 10.2. The third-order valence-electron chi connectivity index (χ3n) is 7.27. The number of methoxy groups -OCH3 is 1. The molecule has 1 saturated heterocycles. The largest absolute Gasteiger partial charge is 0.497 e. The van der Waals surface area contributed by atoms with E-state index >= 15 is 0 Å². The normalized spacial score (nSPS) is 14.8. The van der Waals surface area contributed by atoms with Gasteiger partial charge in [-0.15, -0.1) is 0 Å². The van der Waals surface area contributed by atoms with E-state index in [0.717, 1.165) is 23.3 Å². The van der Waals surface area contributed by atoms with Gasteiger partial charge in [-0.3, -0.25) is 9.59 Å². The number of amides is 1. The van der Waals surface area contributed by atoms with Crippen LogP contribution in [0.15, 0.2) is 47.7 Å². The maximum atomic E-state index is 14.0. The topological polar surface area (TPSA) is 106 Å². The number of ether oxygens (including phenoxy) is 2. The van der Waals surface area contributed by atoms with Gasteiger partial charge < -0.3 is 24.2 Å². The zero-order valence-electron chi connectivity index (χ0n) is 25.3. The van der Waals surface area contributed by atoms with Gasteiger partial charge in [0.2, 0.25) is 11.9 Å². The number of anilines is 1. The minimum absolute atomic E-state index is 0.122. The first kappa shape index (κ1) is 34.5. The van der Waals surface area contributed by atoms with Crippen LogP contribution >= 0.6 is 0 Å². The molecule has 250 valence electrons. The molecule has 0 saturated carbocycles. The SMILES string of the molecule is COc1ccc(Cn2ncc(O[C@@H](C)CN(C)CCC(=O)N3CCN(c4ncc(C(F)(F)F)cn4)CC3)c(C(F)(F)F)c2=O)cc1. The van der Waals surface area contributed by atoms with Gasteiger partial charge in [-0.05, 0) is 31.7 Å². The molecule has 2 aromatic heterocycles. The molecule has 1 fully saturated rings. The van der Waals surface area contributed by atoms with Crippen LogP contribution in [0.25, 0.3) is 0 Å². The zero-order valence-corrected chi connectivity index (χ0v) is 25.3. The van der Waals surface area contributed by atoms with Crippen molar-refractivity contribution in [3.63, 3.8) is 0 Å². The number of nitrogens with zero attached hydrogens (tertiary/aromatic N) is 7. The Bertz CT molecular complexity index is 1520. The van der Waals surface area contributed by atoms with E-state index in [1.54, 1.807) is 52.9 Å². The Morgan fingerprint density at radius 1 is 0.978 bits per heavy atom. The number of hydrogen-bond donors (Lipinski definition) is 0. The van der Waals surface area contributed by atoms with Crippen molar-refractivity contribution < 1.29 is 40.6 Å². The highest BCUT2D eigenvalue weighted by atomic mass is 19.4. The molecule has 0 unspecified atom stereocenters. The summed E-state index contributed by atoms with van der Waals surface area (Å²) >= 11 is 0. The lowest BCUT2D eigenvalue weighted by Gasteiger charge is -2.35. The number of carbonyl (C=O) groups is 1. The Morgan fingerprint density at radius 2 is 1.61 bits per heavy atom. The number of likely N-dealkylation sites (N-methyl/N-ethyl adjacent to an activating group) is 1. The van der Waals surface area contributed by atoms with Gasteiger partial charge in [0.25, 0.3) is 5.56 Å². The molecule has 1 amide bonds. The highest BCUT2D eigenvalue weighted by Gasteiger charge is 2.39. The Morgan fingerprint density at radius 3 is 2.17 bits per heavy atom. The average molecular weight is 658 g/mol. The molecule has 11 nitrogen and oxygen atoms in total. The quantitative estimate of drug-likeness (QED) is 0.286. The number of aromatic nitrogens is 4. The van der Waals surface area contributed by atoms with E-state index in [4.69, 9.17) is 9.47 Å². The number of carbonyl (C=O) groups excluding carboxylic acids is 1. The number of rotatable bonds is 11. The molecule has 0 bridgehead atoms. The summed E-state index contributed by atoms with van der Waals surface area (Å²) in [7, 11) is 3.16. The molecule has 17 heteroatoms. The molecule has 1 atom stereocenters. The van der Waals surface area contributed by atoms with E-state index < -0.39 is 40.9 Å². The van der Waals surface area contributed by atoms with Gasteiger partial charge in [0.15, 0.2) is 11.3 Å². The molecule has 1 aliphatic rings. The van der Waals surface area contributed by atoms with Gasteiger partial charge >= 0.3 is 12.4 Å². The highest BCUT2D eigenvalue weighted by Crippen LogP contribution is 2.33. The van der Waals surface area contributed by atoms with Crippen molar-refractivity contribution in [1.82, 2.24) is 29.5 Å². The first-order valence-corrected chi connectivity index (χ1v) is 14.2. The lowest BCUT2D eigenvalue weighted by molar-refractivity contribution is -0.141. The summed E-state index contributed by atoms with van der Waals surface area (Å²) in [5.41, 5.74) is -3.19. The number of hydrogen-bond acceptors (Lipinski definition) is 9. The minimum atomic E-state index is -4.99. The monoisotopic (exact) mass is 657 g/mol. The first-order valence-electron chi connectivity index (χ1n) is 14.2. The Balaban J connectivity index is 1.28. The molecule has 0 spiro atoms. The number of piperazine rings is 1. The van der Waals surface area contributed by atoms with Crippen molar-refractivity contribution in [2.45, 2.75) is 38.3 Å². The molecule has 1 aliphatic heterocycles. The third kappa shape index (κ3) is 8.86. The molecular weight excluding hydrogens is 624 g/mol. The fourth-order valence-corrected chi connectivity index (χ4v) is 4.86. The van der Waals surface area contributed by atoms with Gasteiger partial charge in [0, 0.05) is 58.1 Å². The lowest BCUT2D eigenvalue weighted by Crippen LogP contribution is -2.49. The Hall–Kier alpha value is -4.41. The van der Waals surface area contributed by atoms with E-state index in [1.807, 2.05) is 0 Å². The van der Waals surface area contributed by atoms with Crippen molar-refractivity contribution in [2.75, 3.05) is 58.3 Å². The van der Waals surface area contributed by atoms with Crippen LogP contribution in [-0.4, -0.2) is 95.0 Å². The van der Waals surface area contributed by atoms with Crippen molar-refractivity contribution in [3.05, 3.63) is 69.9 Å². The first-order chi connectivity index (χ1) is 21.7. The summed E-state index contributed by atoms with van der Waals surface area (Å²) in [6.07, 6.45) is -7.87. The van der Waals surface area contributed by atoms with Crippen molar-refractivity contribution >= 4 is 11.9 Å². The van der Waals surface area contributed by atoms with Crippen LogP contribution in [0.1, 0.15) is 30.0 Å². The summed E-state index contributed by atoms with van der Waals surface area (Å²) in [5.74, 6) is -0.139. The fourth-order valence-electron chi connectivity index (χ4n) is 4.86. The number of halogens is 6. The molecule has 0 radical (unpaired) electrons. The molecule has 3 aromatic rings. The summed E-state index contributed by atoms with van der Waals surface area (Å²) in [4.78, 5) is 38.2. The van der Waals surface area contributed by atoms with E-state index in [0.29, 0.717) is 37.5 Å². The smallest absolute Gasteiger partial charge is 0.425 e. The molecule has 46 heavy (non-hydrogen) atoms. The van der Waals surface area contributed by atoms with Crippen molar-refractivity contribution in [1.29, 1.82) is 0 Å². The van der Waals surface area contributed by atoms with Crippen LogP contribution in [0.4, 0.5) is 32.3 Å². The summed E-state index contributed by atoms with van der Waals surface area (Å²) in [6, 6.07) is 6.48. The van der Waals surface area contributed by atoms with Gasteiger partial charge in [0.1, 0.15) is 11.9 Å². The summed E-state index contributed by atoms with van der Waals surface area (Å²) in [6.45, 7) is 3.12. The van der Waals surface area contributed by atoms with Crippen molar-refractivity contribution in [2.24, 2.45) is 0 Å². The van der Waals surface area contributed by atoms with E-state index in [2.05, 4.69) is 15.1 Å². The second-order valence-corrected chi connectivity index (χ2v) is 10.8. The van der Waals surface area contributed by atoms with Gasteiger partial charge in [-0.25, -0.2) is 14.6 Å². The van der Waals surface area contributed by atoms with Crippen LogP contribution in [-0.2, 0) is 23.7 Å². The fraction of sp³-hybridized carbons (Fsp3) is 0.483. The summed E-state index contributed by atoms with van der Waals surface area (Å²) in [5, 5.41) is 3.90. The molecular formula is C29H33F6N7O4. The zero-order chi connectivity index (χ0) is 33.6. The van der Waals surface area contributed by atoms with Crippen LogP contribution in [0.2, 0.25) is 0 Å². The van der Waals surface area contributed by atoms with E-state index in [9.17, 15) is 35.9 Å². The van der Waals surface area contributed by atoms with Gasteiger partial charge in [0.05, 0.1) is 25.4 Å². The van der Waals surface area contributed by atoms with Crippen LogP contribution in [0.3, 0.4) is 0 Å². The minimum Gasteiger partial charge on any atom is -0.497 e. The number of benzene rings is 1. The number of alkyl halides is 6. The molecule has 0 N–H and O–H groups in total. The maximum absolute atomic E-state index is 14.0. The van der Waals surface area contributed by atoms with Crippen molar-refractivity contribution in [3.8, 4) is 11.5 Å². The highest BCUT2D eigenvalue weighted by molar-refractivity contribution is 5.76. The van der Waals surface area contributed by atoms with Crippen LogP contribution < -0.4 is 19.9 Å². The van der Waals surface area contributed by atoms with E-state index in [-0.39, 0.29) is 37.9 Å². The van der Waals surface area contributed by atoms with Crippen LogP contribution in [0, 0.1) is 0 Å². The maximum Gasteiger partial charge on any atom is 0.425 e.